The smallest absolute Gasteiger partial charge is 0.131 e. The number of benzene rings is 1. The van der Waals surface area contributed by atoms with Gasteiger partial charge in [-0.25, -0.2) is 4.39 Å². The van der Waals surface area contributed by atoms with Crippen molar-refractivity contribution in [2.24, 2.45) is 0 Å². The molecule has 108 valence electrons. The SMILES string of the molecule is CCCCCCC(C)NC(C)c1ccc(O)cc1F. The fourth-order valence-electron chi connectivity index (χ4n) is 2.34. The van der Waals surface area contributed by atoms with E-state index in [0.717, 1.165) is 6.42 Å². The topological polar surface area (TPSA) is 32.3 Å². The van der Waals surface area contributed by atoms with E-state index in [1.54, 1.807) is 6.07 Å². The molecule has 1 rings (SSSR count). The van der Waals surface area contributed by atoms with Crippen molar-refractivity contribution in [1.29, 1.82) is 0 Å². The average molecular weight is 267 g/mol. The average Bonchev–Trinajstić information content (AvgIpc) is 2.34. The Morgan fingerprint density at radius 1 is 1.21 bits per heavy atom. The Kier molecular flexibility index (Phi) is 6.85. The van der Waals surface area contributed by atoms with Crippen LogP contribution >= 0.6 is 0 Å². The zero-order valence-electron chi connectivity index (χ0n) is 12.2. The molecular formula is C16H26FNO. The molecule has 0 saturated carbocycles. The van der Waals surface area contributed by atoms with Crippen LogP contribution in [0.5, 0.6) is 5.75 Å². The third-order valence-electron chi connectivity index (χ3n) is 3.48. The molecule has 2 unspecified atom stereocenters. The van der Waals surface area contributed by atoms with Crippen LogP contribution in [-0.2, 0) is 0 Å². The lowest BCUT2D eigenvalue weighted by Gasteiger charge is -2.21. The lowest BCUT2D eigenvalue weighted by molar-refractivity contribution is 0.424. The third kappa shape index (κ3) is 5.60. The first kappa shape index (κ1) is 16.0. The van der Waals surface area contributed by atoms with Crippen LogP contribution in [0.4, 0.5) is 4.39 Å². The van der Waals surface area contributed by atoms with Gasteiger partial charge in [0.2, 0.25) is 0 Å². The highest BCUT2D eigenvalue weighted by atomic mass is 19.1. The third-order valence-corrected chi connectivity index (χ3v) is 3.48. The maximum atomic E-state index is 13.7. The van der Waals surface area contributed by atoms with Gasteiger partial charge in [0.25, 0.3) is 0 Å². The van der Waals surface area contributed by atoms with Gasteiger partial charge in [0, 0.05) is 23.7 Å². The van der Waals surface area contributed by atoms with Crippen LogP contribution in [-0.4, -0.2) is 11.1 Å². The summed E-state index contributed by atoms with van der Waals surface area (Å²) in [5.41, 5.74) is 0.609. The minimum Gasteiger partial charge on any atom is -0.508 e. The minimum atomic E-state index is -0.349. The predicted molar refractivity (Wildman–Crippen MR) is 77.8 cm³/mol. The Morgan fingerprint density at radius 3 is 2.58 bits per heavy atom. The molecule has 0 spiro atoms. The summed E-state index contributed by atoms with van der Waals surface area (Å²) in [6, 6.07) is 4.68. The molecule has 2 N–H and O–H groups in total. The Bertz CT molecular complexity index is 381. The van der Waals surface area contributed by atoms with Crippen LogP contribution in [0.3, 0.4) is 0 Å². The second kappa shape index (κ2) is 8.16. The maximum Gasteiger partial charge on any atom is 0.131 e. The molecule has 0 aliphatic heterocycles. The molecule has 0 radical (unpaired) electrons. The van der Waals surface area contributed by atoms with Gasteiger partial charge in [-0.3, -0.25) is 0 Å². The van der Waals surface area contributed by atoms with Crippen LogP contribution in [0, 0.1) is 5.82 Å². The van der Waals surface area contributed by atoms with E-state index in [1.807, 2.05) is 6.92 Å². The van der Waals surface area contributed by atoms with E-state index in [1.165, 1.54) is 37.8 Å². The van der Waals surface area contributed by atoms with Gasteiger partial charge in [0.05, 0.1) is 0 Å². The molecule has 1 aromatic rings. The molecule has 0 aliphatic rings. The van der Waals surface area contributed by atoms with Crippen molar-refractivity contribution in [3.8, 4) is 5.75 Å². The summed E-state index contributed by atoms with van der Waals surface area (Å²) in [5, 5.41) is 12.6. The molecule has 0 saturated heterocycles. The van der Waals surface area contributed by atoms with E-state index in [0.29, 0.717) is 11.6 Å². The van der Waals surface area contributed by atoms with Crippen molar-refractivity contribution in [1.82, 2.24) is 5.32 Å². The van der Waals surface area contributed by atoms with Crippen LogP contribution in [0.1, 0.15) is 64.5 Å². The zero-order chi connectivity index (χ0) is 14.3. The van der Waals surface area contributed by atoms with Crippen LogP contribution in [0.15, 0.2) is 18.2 Å². The van der Waals surface area contributed by atoms with Crippen molar-refractivity contribution in [2.45, 2.75) is 65.0 Å². The van der Waals surface area contributed by atoms with Gasteiger partial charge in [-0.05, 0) is 26.3 Å². The zero-order valence-corrected chi connectivity index (χ0v) is 12.2. The molecule has 3 heteroatoms. The lowest BCUT2D eigenvalue weighted by atomic mass is 10.0. The summed E-state index contributed by atoms with van der Waals surface area (Å²) >= 11 is 0. The first-order chi connectivity index (χ1) is 9.04. The summed E-state index contributed by atoms with van der Waals surface area (Å²) in [4.78, 5) is 0. The van der Waals surface area contributed by atoms with E-state index in [2.05, 4.69) is 19.2 Å². The molecule has 0 aromatic heterocycles. The van der Waals surface area contributed by atoms with E-state index < -0.39 is 0 Å². The summed E-state index contributed by atoms with van der Waals surface area (Å²) in [7, 11) is 0. The second-order valence-corrected chi connectivity index (χ2v) is 5.34. The van der Waals surface area contributed by atoms with Gasteiger partial charge in [-0.15, -0.1) is 0 Å². The van der Waals surface area contributed by atoms with E-state index in [9.17, 15) is 9.50 Å². The maximum absolute atomic E-state index is 13.7. The Hall–Kier alpha value is -1.09. The molecule has 0 heterocycles. The normalized spacial score (nSPS) is 14.3. The Morgan fingerprint density at radius 2 is 1.95 bits per heavy atom. The van der Waals surface area contributed by atoms with Crippen molar-refractivity contribution >= 4 is 0 Å². The number of aromatic hydroxyl groups is 1. The highest BCUT2D eigenvalue weighted by Crippen LogP contribution is 2.21. The summed E-state index contributed by atoms with van der Waals surface area (Å²) in [5.74, 6) is -0.376. The number of phenols is 1. The predicted octanol–water partition coefficient (Wildman–Crippen LogP) is 4.54. The molecule has 2 nitrogen and oxygen atoms in total. The molecule has 0 bridgehead atoms. The van der Waals surface area contributed by atoms with Crippen molar-refractivity contribution < 1.29 is 9.50 Å². The van der Waals surface area contributed by atoms with Crippen LogP contribution in [0.2, 0.25) is 0 Å². The Balaban J connectivity index is 2.43. The lowest BCUT2D eigenvalue weighted by Crippen LogP contribution is -2.29. The number of hydrogen-bond donors (Lipinski definition) is 2. The number of hydrogen-bond acceptors (Lipinski definition) is 2. The van der Waals surface area contributed by atoms with Crippen LogP contribution in [0.25, 0.3) is 0 Å². The fourth-order valence-corrected chi connectivity index (χ4v) is 2.34. The van der Waals surface area contributed by atoms with Gasteiger partial charge in [-0.1, -0.05) is 38.7 Å². The van der Waals surface area contributed by atoms with Crippen molar-refractivity contribution in [3.63, 3.8) is 0 Å². The molecule has 1 aromatic carbocycles. The number of phenolic OH excluding ortho intramolecular Hbond substituents is 1. The highest BCUT2D eigenvalue weighted by molar-refractivity contribution is 5.29. The second-order valence-electron chi connectivity index (χ2n) is 5.34. The quantitative estimate of drug-likeness (QED) is 0.678. The van der Waals surface area contributed by atoms with Gasteiger partial charge in [0.1, 0.15) is 11.6 Å². The molecule has 2 atom stereocenters. The summed E-state index contributed by atoms with van der Waals surface area (Å²) in [6.45, 7) is 6.30. The number of unbranched alkanes of at least 4 members (excludes halogenated alkanes) is 3. The fraction of sp³-hybridized carbons (Fsp3) is 0.625. The van der Waals surface area contributed by atoms with E-state index in [-0.39, 0.29) is 17.6 Å². The molecule has 0 amide bonds. The van der Waals surface area contributed by atoms with Crippen LogP contribution < -0.4 is 5.32 Å². The molecule has 0 aliphatic carbocycles. The number of halogens is 1. The van der Waals surface area contributed by atoms with Crippen molar-refractivity contribution in [3.05, 3.63) is 29.6 Å². The summed E-state index contributed by atoms with van der Waals surface area (Å²) in [6.07, 6.45) is 6.13. The monoisotopic (exact) mass is 267 g/mol. The van der Waals surface area contributed by atoms with Gasteiger partial charge in [-0.2, -0.15) is 0 Å². The molecule has 19 heavy (non-hydrogen) atoms. The standard InChI is InChI=1S/C16H26FNO/c1-4-5-6-7-8-12(2)18-13(3)15-10-9-14(19)11-16(15)17/h9-13,18-19H,4-8H2,1-3H3. The largest absolute Gasteiger partial charge is 0.508 e. The summed E-state index contributed by atoms with van der Waals surface area (Å²) < 4.78 is 13.7. The number of nitrogens with one attached hydrogen (secondary N) is 1. The van der Waals surface area contributed by atoms with Gasteiger partial charge in [0.15, 0.2) is 0 Å². The minimum absolute atomic E-state index is 0.0268. The highest BCUT2D eigenvalue weighted by Gasteiger charge is 2.13. The number of rotatable bonds is 8. The first-order valence-electron chi connectivity index (χ1n) is 7.29. The molecule has 0 fully saturated rings. The molecular weight excluding hydrogens is 241 g/mol. The Labute approximate surface area is 116 Å². The van der Waals surface area contributed by atoms with E-state index >= 15 is 0 Å². The van der Waals surface area contributed by atoms with Gasteiger partial charge < -0.3 is 10.4 Å². The van der Waals surface area contributed by atoms with Crippen molar-refractivity contribution in [2.75, 3.05) is 0 Å². The first-order valence-corrected chi connectivity index (χ1v) is 7.29. The van der Waals surface area contributed by atoms with E-state index in [4.69, 9.17) is 0 Å². The van der Waals surface area contributed by atoms with Gasteiger partial charge >= 0.3 is 0 Å².